The van der Waals surface area contributed by atoms with E-state index < -0.39 is 27.9 Å². The molecule has 34 heavy (non-hydrogen) atoms. The van der Waals surface area contributed by atoms with Crippen molar-refractivity contribution < 1.29 is 28.6 Å². The van der Waals surface area contributed by atoms with Crippen molar-refractivity contribution in [3.8, 4) is 0 Å². The van der Waals surface area contributed by atoms with Gasteiger partial charge in [0.15, 0.2) is 11.5 Å². The Hall–Kier alpha value is -2.90. The van der Waals surface area contributed by atoms with E-state index in [1.807, 2.05) is 13.8 Å². The van der Waals surface area contributed by atoms with Gasteiger partial charge in [0, 0.05) is 34.5 Å². The van der Waals surface area contributed by atoms with Crippen LogP contribution in [0.15, 0.2) is 76.3 Å². The minimum atomic E-state index is -1.38. The third-order valence-corrected chi connectivity index (χ3v) is 8.45. The van der Waals surface area contributed by atoms with Crippen LogP contribution in [-0.2, 0) is 19.1 Å². The first kappa shape index (κ1) is 21.6. The summed E-state index contributed by atoms with van der Waals surface area (Å²) in [6.45, 7) is 3.74. The number of halogens is 1. The number of aliphatic hydroxyl groups is 1. The molecule has 0 fully saturated rings. The molecule has 5 nitrogen and oxygen atoms in total. The van der Waals surface area contributed by atoms with Crippen LogP contribution in [0.3, 0.4) is 0 Å². The highest BCUT2D eigenvalue weighted by atomic mass is 32.1. The van der Waals surface area contributed by atoms with Crippen molar-refractivity contribution in [3.63, 3.8) is 0 Å². The van der Waals surface area contributed by atoms with Gasteiger partial charge in [0.2, 0.25) is 11.9 Å². The van der Waals surface area contributed by atoms with Gasteiger partial charge in [-0.05, 0) is 35.3 Å². The number of ketones is 1. The van der Waals surface area contributed by atoms with E-state index >= 15 is 4.39 Å². The molecule has 4 aliphatic carbocycles. The van der Waals surface area contributed by atoms with E-state index in [0.29, 0.717) is 51.4 Å². The van der Waals surface area contributed by atoms with Gasteiger partial charge in [-0.15, -0.1) is 12.6 Å². The van der Waals surface area contributed by atoms with Crippen LogP contribution < -0.4 is 0 Å². The second-order valence-corrected chi connectivity index (χ2v) is 10.2. The lowest BCUT2D eigenvalue weighted by atomic mass is 9.47. The average Bonchev–Trinajstić information content (AvgIpc) is 3.38. The van der Waals surface area contributed by atoms with Crippen LogP contribution in [0.1, 0.15) is 32.3 Å². The first-order valence-electron chi connectivity index (χ1n) is 11.3. The largest absolute Gasteiger partial charge is 0.458 e. The monoisotopic (exact) mass is 478 g/mol. The summed E-state index contributed by atoms with van der Waals surface area (Å²) >= 11 is 4.36. The van der Waals surface area contributed by atoms with E-state index in [2.05, 4.69) is 12.6 Å². The molecule has 5 aliphatic rings. The average molecular weight is 479 g/mol. The predicted octanol–water partition coefficient (Wildman–Crippen LogP) is 4.42. The second-order valence-electron chi connectivity index (χ2n) is 9.81. The highest BCUT2D eigenvalue weighted by Crippen LogP contribution is 2.66. The number of allylic oxidation sites excluding steroid dienone is 6. The number of rotatable bonds is 2. The lowest BCUT2D eigenvalue weighted by Crippen LogP contribution is -2.55. The number of fused-ring (bicyclic) bond motifs is 5. The van der Waals surface area contributed by atoms with Crippen molar-refractivity contribution in [1.29, 1.82) is 0 Å². The van der Waals surface area contributed by atoms with E-state index in [1.54, 1.807) is 30.4 Å². The lowest BCUT2D eigenvalue weighted by Gasteiger charge is -2.55. The van der Waals surface area contributed by atoms with Gasteiger partial charge in [-0.2, -0.15) is 0 Å². The van der Waals surface area contributed by atoms with Crippen LogP contribution >= 0.6 is 12.6 Å². The molecule has 7 heteroatoms. The summed E-state index contributed by atoms with van der Waals surface area (Å²) in [5, 5.41) is 10.4. The minimum Gasteiger partial charge on any atom is -0.458 e. The molecule has 0 unspecified atom stereocenters. The molecule has 4 atom stereocenters. The number of aliphatic hydroxyl groups excluding tert-OH is 1. The van der Waals surface area contributed by atoms with Crippen molar-refractivity contribution >= 4 is 29.1 Å². The van der Waals surface area contributed by atoms with Crippen LogP contribution in [0.5, 0.6) is 0 Å². The number of hydrogen-bond donors (Lipinski definition) is 2. The normalized spacial score (nSPS) is 33.7. The molecule has 1 aliphatic heterocycles. The Morgan fingerprint density at radius 2 is 2.00 bits per heavy atom. The smallest absolute Gasteiger partial charge is 0.230 e. The summed E-state index contributed by atoms with van der Waals surface area (Å²) in [5.41, 5.74) is 0.730. The number of hydrogen-bond acceptors (Lipinski definition) is 5. The Bertz CT molecular complexity index is 1350. The van der Waals surface area contributed by atoms with Gasteiger partial charge in [0.25, 0.3) is 0 Å². The summed E-state index contributed by atoms with van der Waals surface area (Å²) in [6.07, 6.45) is 4.79. The number of carbonyl (C=O) groups excluding carboxylic acids is 2. The molecule has 1 aromatic carbocycles. The van der Waals surface area contributed by atoms with Gasteiger partial charge in [0.1, 0.15) is 11.6 Å². The first-order chi connectivity index (χ1) is 16.2. The molecule has 1 aromatic rings. The Morgan fingerprint density at radius 1 is 1.24 bits per heavy atom. The van der Waals surface area contributed by atoms with Gasteiger partial charge in [0.05, 0.1) is 11.5 Å². The zero-order chi connectivity index (χ0) is 24.0. The zero-order valence-electron chi connectivity index (χ0n) is 18.7. The van der Waals surface area contributed by atoms with Crippen LogP contribution in [0.25, 0.3) is 5.57 Å². The highest BCUT2D eigenvalue weighted by molar-refractivity contribution is 7.96. The highest BCUT2D eigenvalue weighted by Gasteiger charge is 2.63. The number of ether oxygens (including phenoxy) is 2. The number of thiol groups is 1. The first-order valence-corrected chi connectivity index (χ1v) is 11.7. The minimum absolute atomic E-state index is 0.0648. The van der Waals surface area contributed by atoms with Gasteiger partial charge >= 0.3 is 0 Å². The zero-order valence-corrected chi connectivity index (χ0v) is 19.6. The molecule has 0 saturated carbocycles. The van der Waals surface area contributed by atoms with E-state index in [1.165, 1.54) is 12.1 Å². The lowest BCUT2D eigenvalue weighted by molar-refractivity contribution is -0.123. The van der Waals surface area contributed by atoms with Crippen LogP contribution in [0, 0.1) is 22.6 Å². The molecule has 0 aromatic heterocycles. The van der Waals surface area contributed by atoms with Gasteiger partial charge in [-0.1, -0.05) is 44.2 Å². The fraction of sp³-hybridized carbons (Fsp3) is 0.333. The molecular weight excluding hydrogens is 455 g/mol. The third-order valence-electron chi connectivity index (χ3n) is 8.10. The van der Waals surface area contributed by atoms with Crippen molar-refractivity contribution in [1.82, 2.24) is 0 Å². The van der Waals surface area contributed by atoms with Gasteiger partial charge < -0.3 is 14.6 Å². The van der Waals surface area contributed by atoms with E-state index in [9.17, 15) is 14.7 Å². The van der Waals surface area contributed by atoms with E-state index in [0.717, 1.165) is 0 Å². The quantitative estimate of drug-likeness (QED) is 0.616. The molecular formula is C27H23FO5S. The van der Waals surface area contributed by atoms with Crippen molar-refractivity contribution in [3.05, 3.63) is 87.7 Å². The van der Waals surface area contributed by atoms with Gasteiger partial charge in [-0.25, -0.2) is 4.39 Å². The maximum Gasteiger partial charge on any atom is 0.230 e. The maximum atomic E-state index is 15.2. The summed E-state index contributed by atoms with van der Waals surface area (Å²) in [7, 11) is 0. The Balaban J connectivity index is 1.71. The third kappa shape index (κ3) is 2.54. The number of benzene rings is 1. The molecule has 1 N–H and O–H groups in total. The summed E-state index contributed by atoms with van der Waals surface area (Å²) in [5.74, 6) is 0.257. The van der Waals surface area contributed by atoms with Crippen molar-refractivity contribution in [2.75, 3.05) is 6.79 Å². The van der Waals surface area contributed by atoms with Gasteiger partial charge in [-0.3, -0.25) is 9.59 Å². The van der Waals surface area contributed by atoms with Crippen LogP contribution in [0.4, 0.5) is 4.39 Å². The summed E-state index contributed by atoms with van der Waals surface area (Å²) in [6, 6.07) is 6.38. The Morgan fingerprint density at radius 3 is 2.74 bits per heavy atom. The molecule has 0 saturated heterocycles. The standard InChI is InChI=1S/C27H23FO5S/c1-13-7-18-20(29)9-17-15-8-22-24(33-12-32-22)23(15)16(14-5-3-4-6-19(14)28)10-27(17,25(31)34)26(18,2)11-21(13)30/h3-7,9-10,13,21,30H,8,11-12H2,1-2H3,(H,31,34)/t13-,21-,26-,27-/m0/s1. The molecule has 1 heterocycles. The Labute approximate surface area is 201 Å². The summed E-state index contributed by atoms with van der Waals surface area (Å²) in [4.78, 5) is 27.0. The molecule has 6 rings (SSSR count). The fourth-order valence-electron chi connectivity index (χ4n) is 6.32. The summed E-state index contributed by atoms with van der Waals surface area (Å²) < 4.78 is 26.6. The Kier molecular flexibility index (Phi) is 4.49. The van der Waals surface area contributed by atoms with Crippen molar-refractivity contribution in [2.45, 2.75) is 32.8 Å². The SMILES string of the molecule is C[C@H]1C=C2C(=O)C=C3C4=C(C(c5ccccc5F)=C[C@]3(C(=O)S)[C@@]2(C)C[C@@H]1O)C1=C(C4)OCO1. The molecule has 0 amide bonds. The molecule has 0 radical (unpaired) electrons. The van der Waals surface area contributed by atoms with Crippen LogP contribution in [0.2, 0.25) is 0 Å². The topological polar surface area (TPSA) is 72.8 Å². The molecule has 0 spiro atoms. The molecule has 0 bridgehead atoms. The predicted molar refractivity (Wildman–Crippen MR) is 126 cm³/mol. The van der Waals surface area contributed by atoms with E-state index in [4.69, 9.17) is 9.47 Å². The second kappa shape index (κ2) is 7.06. The van der Waals surface area contributed by atoms with E-state index in [-0.39, 0.29) is 24.9 Å². The van der Waals surface area contributed by atoms with Crippen LogP contribution in [-0.4, -0.2) is 28.9 Å². The van der Waals surface area contributed by atoms with Crippen molar-refractivity contribution in [2.24, 2.45) is 16.7 Å². The number of carbonyl (C=O) groups is 2. The maximum absolute atomic E-state index is 15.2. The molecule has 174 valence electrons. The fourth-order valence-corrected chi connectivity index (χ4v) is 6.76.